The molecule has 0 radical (unpaired) electrons. The molecule has 2 aromatic rings. The molecule has 1 amide bonds. The van der Waals surface area contributed by atoms with E-state index in [0.29, 0.717) is 5.69 Å². The monoisotopic (exact) mass is 369 g/mol. The van der Waals surface area contributed by atoms with Gasteiger partial charge in [0.2, 0.25) is 5.91 Å². The van der Waals surface area contributed by atoms with Gasteiger partial charge in [-0.05, 0) is 38.5 Å². The first-order chi connectivity index (χ1) is 11.4. The SMILES string of the molecule is CCCCn1c(SCC(=O)Nc2ccc(F)cc2Cl)nc(C)c1C. The lowest BCUT2D eigenvalue weighted by atomic mass is 10.3. The van der Waals surface area contributed by atoms with Crippen molar-refractivity contribution in [3.8, 4) is 0 Å². The van der Waals surface area contributed by atoms with Crippen molar-refractivity contribution < 1.29 is 9.18 Å². The number of carbonyl (C=O) groups is 1. The predicted molar refractivity (Wildman–Crippen MR) is 97.4 cm³/mol. The minimum atomic E-state index is -0.434. The summed E-state index contributed by atoms with van der Waals surface area (Å²) < 4.78 is 15.2. The van der Waals surface area contributed by atoms with Crippen LogP contribution >= 0.6 is 23.4 Å². The first kappa shape index (κ1) is 18.8. The fourth-order valence-electron chi connectivity index (χ4n) is 2.22. The van der Waals surface area contributed by atoms with E-state index in [2.05, 4.69) is 21.8 Å². The number of nitrogens with one attached hydrogen (secondary N) is 1. The molecule has 0 aliphatic rings. The predicted octanol–water partition coefficient (Wildman–Crippen LogP) is 4.82. The number of nitrogens with zero attached hydrogens (tertiary/aromatic N) is 2. The first-order valence-electron chi connectivity index (χ1n) is 7.83. The van der Waals surface area contributed by atoms with E-state index in [1.807, 2.05) is 13.8 Å². The summed E-state index contributed by atoms with van der Waals surface area (Å²) in [6.45, 7) is 7.06. The molecule has 0 bridgehead atoms. The molecular formula is C17H21ClFN3OS. The Balaban J connectivity index is 2.00. The molecule has 4 nitrogen and oxygen atoms in total. The van der Waals surface area contributed by atoms with Crippen LogP contribution in [0.15, 0.2) is 23.4 Å². The van der Waals surface area contributed by atoms with Gasteiger partial charge >= 0.3 is 0 Å². The van der Waals surface area contributed by atoms with E-state index in [-0.39, 0.29) is 16.7 Å². The van der Waals surface area contributed by atoms with Crippen molar-refractivity contribution in [2.75, 3.05) is 11.1 Å². The second-order valence-electron chi connectivity index (χ2n) is 5.53. The fraction of sp³-hybridized carbons (Fsp3) is 0.412. The molecule has 0 saturated carbocycles. The Bertz CT molecular complexity index is 733. The molecular weight excluding hydrogens is 349 g/mol. The van der Waals surface area contributed by atoms with Crippen molar-refractivity contribution in [3.63, 3.8) is 0 Å². The number of hydrogen-bond donors (Lipinski definition) is 1. The highest BCUT2D eigenvalue weighted by Gasteiger charge is 2.14. The standard InChI is InChI=1S/C17H21ClFN3OS/c1-4-5-8-22-12(3)11(2)20-17(22)24-10-16(23)21-15-7-6-13(19)9-14(15)18/h6-7,9H,4-5,8,10H2,1-3H3,(H,21,23). The zero-order chi connectivity index (χ0) is 17.7. The summed E-state index contributed by atoms with van der Waals surface area (Å²) in [5.74, 6) is -0.416. The number of amides is 1. The Morgan fingerprint density at radius 1 is 1.42 bits per heavy atom. The average Bonchev–Trinajstić information content (AvgIpc) is 2.80. The van der Waals surface area contributed by atoms with Crippen LogP contribution in [0.2, 0.25) is 5.02 Å². The van der Waals surface area contributed by atoms with Crippen LogP contribution in [-0.4, -0.2) is 21.2 Å². The van der Waals surface area contributed by atoms with Crippen molar-refractivity contribution in [2.45, 2.75) is 45.3 Å². The largest absolute Gasteiger partial charge is 0.324 e. The van der Waals surface area contributed by atoms with Crippen LogP contribution < -0.4 is 5.32 Å². The Morgan fingerprint density at radius 2 is 2.17 bits per heavy atom. The zero-order valence-electron chi connectivity index (χ0n) is 14.0. The van der Waals surface area contributed by atoms with Crippen molar-refractivity contribution >= 4 is 35.0 Å². The van der Waals surface area contributed by atoms with E-state index in [0.717, 1.165) is 35.9 Å². The van der Waals surface area contributed by atoms with E-state index in [1.54, 1.807) is 0 Å². The summed E-state index contributed by atoms with van der Waals surface area (Å²) in [5.41, 5.74) is 2.52. The molecule has 1 heterocycles. The number of benzene rings is 1. The van der Waals surface area contributed by atoms with Crippen LogP contribution in [0.25, 0.3) is 0 Å². The lowest BCUT2D eigenvalue weighted by Crippen LogP contribution is -2.15. The average molecular weight is 370 g/mol. The van der Waals surface area contributed by atoms with Gasteiger partial charge in [-0.25, -0.2) is 9.37 Å². The number of hydrogen-bond acceptors (Lipinski definition) is 3. The minimum absolute atomic E-state index is 0.185. The fourth-order valence-corrected chi connectivity index (χ4v) is 3.35. The molecule has 24 heavy (non-hydrogen) atoms. The summed E-state index contributed by atoms with van der Waals surface area (Å²) in [4.78, 5) is 16.7. The number of rotatable bonds is 7. The van der Waals surface area contributed by atoms with Crippen LogP contribution in [0.5, 0.6) is 0 Å². The number of aromatic nitrogens is 2. The van der Waals surface area contributed by atoms with Gasteiger partial charge in [-0.2, -0.15) is 0 Å². The number of aryl methyl sites for hydroxylation is 1. The molecule has 0 saturated heterocycles. The highest BCUT2D eigenvalue weighted by molar-refractivity contribution is 7.99. The highest BCUT2D eigenvalue weighted by atomic mass is 35.5. The molecule has 0 unspecified atom stereocenters. The number of imidazole rings is 1. The van der Waals surface area contributed by atoms with E-state index < -0.39 is 5.82 Å². The smallest absolute Gasteiger partial charge is 0.234 e. The second-order valence-corrected chi connectivity index (χ2v) is 6.88. The third-order valence-corrected chi connectivity index (χ3v) is 4.98. The molecule has 0 atom stereocenters. The van der Waals surface area contributed by atoms with Crippen molar-refractivity contribution in [1.82, 2.24) is 9.55 Å². The van der Waals surface area contributed by atoms with Gasteiger partial charge in [-0.3, -0.25) is 4.79 Å². The van der Waals surface area contributed by atoms with Gasteiger partial charge < -0.3 is 9.88 Å². The van der Waals surface area contributed by atoms with Crippen LogP contribution in [0.1, 0.15) is 31.2 Å². The Labute approximate surface area is 150 Å². The van der Waals surface area contributed by atoms with Gasteiger partial charge in [-0.15, -0.1) is 0 Å². The number of halogens is 2. The molecule has 7 heteroatoms. The van der Waals surface area contributed by atoms with Crippen LogP contribution in [0, 0.1) is 19.7 Å². The Kier molecular flexibility index (Phi) is 6.69. The summed E-state index contributed by atoms with van der Waals surface area (Å²) in [7, 11) is 0. The Hall–Kier alpha value is -1.53. The quantitative estimate of drug-likeness (QED) is 0.711. The number of carbonyl (C=O) groups excluding carboxylic acids is 1. The third-order valence-electron chi connectivity index (χ3n) is 3.70. The maximum absolute atomic E-state index is 13.0. The normalized spacial score (nSPS) is 10.9. The van der Waals surface area contributed by atoms with E-state index in [9.17, 15) is 9.18 Å². The molecule has 1 aromatic heterocycles. The van der Waals surface area contributed by atoms with Gasteiger partial charge in [0.15, 0.2) is 5.16 Å². The van der Waals surface area contributed by atoms with E-state index >= 15 is 0 Å². The summed E-state index contributed by atoms with van der Waals surface area (Å²) in [6.07, 6.45) is 2.17. The molecule has 1 aromatic carbocycles. The zero-order valence-corrected chi connectivity index (χ0v) is 15.6. The Morgan fingerprint density at radius 3 is 2.83 bits per heavy atom. The third kappa shape index (κ3) is 4.74. The summed E-state index contributed by atoms with van der Waals surface area (Å²) >= 11 is 7.31. The number of anilines is 1. The van der Waals surface area contributed by atoms with Gasteiger partial charge in [0.1, 0.15) is 5.82 Å². The van der Waals surface area contributed by atoms with Crippen molar-refractivity contribution in [1.29, 1.82) is 0 Å². The lowest BCUT2D eigenvalue weighted by molar-refractivity contribution is -0.113. The molecule has 1 N–H and O–H groups in total. The summed E-state index contributed by atoms with van der Waals surface area (Å²) in [5, 5.41) is 3.73. The van der Waals surface area contributed by atoms with Gasteiger partial charge in [0.05, 0.1) is 22.2 Å². The first-order valence-corrected chi connectivity index (χ1v) is 9.20. The number of thioether (sulfide) groups is 1. The molecule has 0 fully saturated rings. The second kappa shape index (κ2) is 8.53. The molecule has 0 aliphatic heterocycles. The molecule has 0 aliphatic carbocycles. The van der Waals surface area contributed by atoms with Gasteiger partial charge in [0.25, 0.3) is 0 Å². The van der Waals surface area contributed by atoms with Crippen LogP contribution in [-0.2, 0) is 11.3 Å². The molecule has 130 valence electrons. The van der Waals surface area contributed by atoms with Crippen molar-refractivity contribution in [2.24, 2.45) is 0 Å². The van der Waals surface area contributed by atoms with E-state index in [1.165, 1.54) is 30.0 Å². The van der Waals surface area contributed by atoms with Crippen molar-refractivity contribution in [3.05, 3.63) is 40.4 Å². The summed E-state index contributed by atoms with van der Waals surface area (Å²) in [6, 6.07) is 3.89. The maximum Gasteiger partial charge on any atom is 0.234 e. The van der Waals surface area contributed by atoms with Crippen LogP contribution in [0.3, 0.4) is 0 Å². The van der Waals surface area contributed by atoms with Gasteiger partial charge in [0, 0.05) is 12.2 Å². The topological polar surface area (TPSA) is 46.9 Å². The number of unbranched alkanes of at least 4 members (excludes halogenated alkanes) is 1. The van der Waals surface area contributed by atoms with Crippen LogP contribution in [0.4, 0.5) is 10.1 Å². The molecule has 0 spiro atoms. The maximum atomic E-state index is 13.0. The minimum Gasteiger partial charge on any atom is -0.324 e. The van der Waals surface area contributed by atoms with Gasteiger partial charge in [-0.1, -0.05) is 36.7 Å². The lowest BCUT2D eigenvalue weighted by Gasteiger charge is -2.10. The van der Waals surface area contributed by atoms with E-state index in [4.69, 9.17) is 11.6 Å². The highest BCUT2D eigenvalue weighted by Crippen LogP contribution is 2.24. The molecule has 2 rings (SSSR count).